The molecule has 0 spiro atoms. The van der Waals surface area contributed by atoms with Crippen LogP contribution in [0.25, 0.3) is 0 Å². The monoisotopic (exact) mass is 397 g/mol. The summed E-state index contributed by atoms with van der Waals surface area (Å²) in [4.78, 5) is 29.4. The summed E-state index contributed by atoms with van der Waals surface area (Å²) in [5.74, 6) is -0.751. The number of para-hydroxylation sites is 1. The molecule has 0 radical (unpaired) electrons. The second kappa shape index (κ2) is 8.64. The van der Waals surface area contributed by atoms with Gasteiger partial charge in [0, 0.05) is 32.7 Å². The molecule has 1 heterocycles. The lowest BCUT2D eigenvalue weighted by Crippen LogP contribution is -2.55. The summed E-state index contributed by atoms with van der Waals surface area (Å²) in [5, 5.41) is 2.90. The first-order valence-electron chi connectivity index (χ1n) is 9.92. The van der Waals surface area contributed by atoms with E-state index in [0.717, 1.165) is 11.1 Å². The van der Waals surface area contributed by atoms with Gasteiger partial charge in [-0.05, 0) is 44.0 Å². The summed E-state index contributed by atoms with van der Waals surface area (Å²) in [6.45, 7) is 7.69. The van der Waals surface area contributed by atoms with Crippen LogP contribution >= 0.6 is 0 Å². The van der Waals surface area contributed by atoms with Crippen LogP contribution in [-0.4, -0.2) is 42.9 Å². The Hall–Kier alpha value is -2.89. The molecule has 0 saturated carbocycles. The van der Waals surface area contributed by atoms with E-state index in [2.05, 4.69) is 5.32 Å². The second-order valence-electron chi connectivity index (χ2n) is 7.96. The third-order valence-electron chi connectivity index (χ3n) is 5.56. The van der Waals surface area contributed by atoms with E-state index in [4.69, 9.17) is 0 Å². The molecule has 1 fully saturated rings. The number of hydrogen-bond acceptors (Lipinski definition) is 3. The number of rotatable bonds is 5. The van der Waals surface area contributed by atoms with Crippen LogP contribution in [0.2, 0.25) is 0 Å². The highest BCUT2D eigenvalue weighted by Gasteiger charge is 2.40. The Morgan fingerprint density at radius 1 is 1.00 bits per heavy atom. The number of carbonyl (C=O) groups is 2. The Balaban J connectivity index is 1.58. The summed E-state index contributed by atoms with van der Waals surface area (Å²) < 4.78 is 14.0. The summed E-state index contributed by atoms with van der Waals surface area (Å²) in [6.07, 6.45) is 0. The van der Waals surface area contributed by atoms with Crippen molar-refractivity contribution in [3.63, 3.8) is 0 Å². The number of aryl methyl sites for hydroxylation is 1. The molecule has 1 N–H and O–H groups in total. The van der Waals surface area contributed by atoms with Crippen LogP contribution in [0.15, 0.2) is 48.5 Å². The van der Waals surface area contributed by atoms with Crippen molar-refractivity contribution in [1.82, 2.24) is 10.2 Å². The van der Waals surface area contributed by atoms with Gasteiger partial charge in [-0.15, -0.1) is 0 Å². The summed E-state index contributed by atoms with van der Waals surface area (Å²) in [5.41, 5.74) is 1.52. The minimum Gasteiger partial charge on any atom is -0.366 e. The molecule has 0 aliphatic carbocycles. The average molecular weight is 397 g/mol. The Kier molecular flexibility index (Phi) is 6.20. The molecule has 0 atom stereocenters. The van der Waals surface area contributed by atoms with Crippen molar-refractivity contribution in [2.75, 3.05) is 31.1 Å². The van der Waals surface area contributed by atoms with Gasteiger partial charge in [-0.2, -0.15) is 0 Å². The predicted molar refractivity (Wildman–Crippen MR) is 112 cm³/mol. The number of benzene rings is 2. The maximum atomic E-state index is 14.0. The van der Waals surface area contributed by atoms with E-state index in [1.165, 1.54) is 6.07 Å². The third kappa shape index (κ3) is 4.58. The minimum atomic E-state index is -1.16. The third-order valence-corrected chi connectivity index (χ3v) is 5.56. The fourth-order valence-electron chi connectivity index (χ4n) is 3.56. The second-order valence-corrected chi connectivity index (χ2v) is 7.96. The lowest BCUT2D eigenvalue weighted by Gasteiger charge is -2.39. The van der Waals surface area contributed by atoms with Crippen LogP contribution < -0.4 is 10.2 Å². The maximum absolute atomic E-state index is 14.0. The molecule has 2 aromatic carbocycles. The predicted octanol–water partition coefficient (Wildman–Crippen LogP) is 3.13. The molecule has 29 heavy (non-hydrogen) atoms. The molecule has 2 aromatic rings. The Bertz CT molecular complexity index is 889. The first kappa shape index (κ1) is 20.8. The number of nitrogens with one attached hydrogen (secondary N) is 1. The first-order chi connectivity index (χ1) is 13.8. The lowest BCUT2D eigenvalue weighted by atomic mass is 9.89. The quantitative estimate of drug-likeness (QED) is 0.789. The molecule has 6 heteroatoms. The van der Waals surface area contributed by atoms with Gasteiger partial charge in [0.2, 0.25) is 11.8 Å². The van der Waals surface area contributed by atoms with Crippen molar-refractivity contribution in [3.05, 3.63) is 65.5 Å². The zero-order valence-electron chi connectivity index (χ0n) is 17.2. The molecule has 5 nitrogen and oxygen atoms in total. The normalized spacial score (nSPS) is 14.6. The fraction of sp³-hybridized carbons (Fsp3) is 0.391. The highest BCUT2D eigenvalue weighted by Crippen LogP contribution is 2.24. The summed E-state index contributed by atoms with van der Waals surface area (Å²) in [6, 6.07) is 14.5. The topological polar surface area (TPSA) is 52.7 Å². The SMILES string of the molecule is Cc1ccccc1CNC(=O)C(C)(C)C(=O)N1CCN(c2ccccc2F)CC1. The number of carbonyl (C=O) groups excluding carboxylic acids is 2. The van der Waals surface area contributed by atoms with Gasteiger partial charge in [0.15, 0.2) is 0 Å². The molecule has 1 aliphatic rings. The van der Waals surface area contributed by atoms with E-state index in [0.29, 0.717) is 38.4 Å². The molecule has 2 amide bonds. The average Bonchev–Trinajstić information content (AvgIpc) is 2.73. The van der Waals surface area contributed by atoms with Gasteiger partial charge in [-0.25, -0.2) is 4.39 Å². The molecular weight excluding hydrogens is 369 g/mol. The summed E-state index contributed by atoms with van der Waals surface area (Å²) >= 11 is 0. The van der Waals surface area contributed by atoms with E-state index < -0.39 is 5.41 Å². The first-order valence-corrected chi connectivity index (χ1v) is 9.92. The molecule has 3 rings (SSSR count). The molecule has 1 saturated heterocycles. The van der Waals surface area contributed by atoms with E-state index in [-0.39, 0.29) is 17.6 Å². The Morgan fingerprint density at radius 3 is 2.28 bits per heavy atom. The van der Waals surface area contributed by atoms with Gasteiger partial charge in [0.1, 0.15) is 11.2 Å². The van der Waals surface area contributed by atoms with Crippen LogP contribution in [0, 0.1) is 18.2 Å². The number of amides is 2. The molecular formula is C23H28FN3O2. The van der Waals surface area contributed by atoms with Crippen molar-refractivity contribution in [3.8, 4) is 0 Å². The van der Waals surface area contributed by atoms with Crippen molar-refractivity contribution in [1.29, 1.82) is 0 Å². The van der Waals surface area contributed by atoms with Crippen LogP contribution in [0.5, 0.6) is 0 Å². The van der Waals surface area contributed by atoms with Gasteiger partial charge in [0.25, 0.3) is 0 Å². The van der Waals surface area contributed by atoms with E-state index >= 15 is 0 Å². The number of hydrogen-bond donors (Lipinski definition) is 1. The van der Waals surface area contributed by atoms with Crippen molar-refractivity contribution >= 4 is 17.5 Å². The van der Waals surface area contributed by atoms with Gasteiger partial charge in [-0.1, -0.05) is 36.4 Å². The van der Waals surface area contributed by atoms with Crippen LogP contribution in [0.3, 0.4) is 0 Å². The number of halogens is 1. The Morgan fingerprint density at radius 2 is 1.62 bits per heavy atom. The zero-order valence-corrected chi connectivity index (χ0v) is 17.2. The van der Waals surface area contributed by atoms with Gasteiger partial charge >= 0.3 is 0 Å². The number of anilines is 1. The van der Waals surface area contributed by atoms with Crippen LogP contribution in [-0.2, 0) is 16.1 Å². The molecule has 0 unspecified atom stereocenters. The fourth-order valence-corrected chi connectivity index (χ4v) is 3.56. The molecule has 0 aromatic heterocycles. The highest BCUT2D eigenvalue weighted by atomic mass is 19.1. The standard InChI is InChI=1S/C23H28FN3O2/c1-17-8-4-5-9-18(17)16-25-21(28)23(2,3)22(29)27-14-12-26(13-15-27)20-11-7-6-10-19(20)24/h4-11H,12-16H2,1-3H3,(H,25,28). The number of nitrogens with zero attached hydrogens (tertiary/aromatic N) is 2. The van der Waals surface area contributed by atoms with Crippen LogP contribution in [0.4, 0.5) is 10.1 Å². The van der Waals surface area contributed by atoms with Gasteiger partial charge in [-0.3, -0.25) is 9.59 Å². The van der Waals surface area contributed by atoms with Crippen molar-refractivity contribution in [2.24, 2.45) is 5.41 Å². The van der Waals surface area contributed by atoms with E-state index in [1.807, 2.05) is 36.1 Å². The van der Waals surface area contributed by atoms with E-state index in [1.54, 1.807) is 36.9 Å². The lowest BCUT2D eigenvalue weighted by molar-refractivity contribution is -0.148. The minimum absolute atomic E-state index is 0.201. The molecule has 154 valence electrons. The van der Waals surface area contributed by atoms with E-state index in [9.17, 15) is 14.0 Å². The van der Waals surface area contributed by atoms with Crippen molar-refractivity contribution < 1.29 is 14.0 Å². The molecule has 0 bridgehead atoms. The zero-order chi connectivity index (χ0) is 21.0. The molecule has 1 aliphatic heterocycles. The van der Waals surface area contributed by atoms with Crippen molar-refractivity contribution in [2.45, 2.75) is 27.3 Å². The Labute approximate surface area is 171 Å². The van der Waals surface area contributed by atoms with Gasteiger partial charge in [0.05, 0.1) is 5.69 Å². The summed E-state index contributed by atoms with van der Waals surface area (Å²) in [7, 11) is 0. The number of piperazine rings is 1. The highest BCUT2D eigenvalue weighted by molar-refractivity contribution is 6.04. The van der Waals surface area contributed by atoms with Gasteiger partial charge < -0.3 is 15.1 Å². The maximum Gasteiger partial charge on any atom is 0.237 e. The van der Waals surface area contributed by atoms with Crippen LogP contribution in [0.1, 0.15) is 25.0 Å². The smallest absolute Gasteiger partial charge is 0.237 e. The largest absolute Gasteiger partial charge is 0.366 e.